The van der Waals surface area contributed by atoms with Gasteiger partial charge in [-0.05, 0) is 62.5 Å². The zero-order valence-electron chi connectivity index (χ0n) is 15.9. The molecule has 1 aromatic heterocycles. The van der Waals surface area contributed by atoms with Gasteiger partial charge in [-0.2, -0.15) is 5.26 Å². The molecule has 1 aliphatic heterocycles. The van der Waals surface area contributed by atoms with Crippen LogP contribution in [-0.2, 0) is 4.43 Å². The minimum atomic E-state index is -1.72. The van der Waals surface area contributed by atoms with E-state index in [2.05, 4.69) is 30.7 Å². The second-order valence-electron chi connectivity index (χ2n) is 7.95. The maximum Gasteiger partial charge on any atom is 0.407 e. The lowest BCUT2D eigenvalue weighted by Crippen LogP contribution is -2.37. The van der Waals surface area contributed by atoms with Gasteiger partial charge in [0.2, 0.25) is 0 Å². The minimum Gasteiger partial charge on any atom is -0.465 e. The summed E-state index contributed by atoms with van der Waals surface area (Å²) in [5.41, 5.74) is 1.45. The maximum atomic E-state index is 11.0. The van der Waals surface area contributed by atoms with Gasteiger partial charge in [-0.25, -0.2) is 9.78 Å². The van der Waals surface area contributed by atoms with E-state index in [-0.39, 0.29) is 6.10 Å². The Morgan fingerprint density at radius 3 is 2.73 bits per heavy atom. The zero-order valence-corrected chi connectivity index (χ0v) is 16.9. The van der Waals surface area contributed by atoms with Crippen LogP contribution in [0.25, 0.3) is 0 Å². The number of hydrogen-bond acceptors (Lipinski definition) is 4. The molecule has 7 heteroatoms. The van der Waals surface area contributed by atoms with E-state index in [1.54, 1.807) is 6.20 Å². The predicted molar refractivity (Wildman–Crippen MR) is 102 cm³/mol. The van der Waals surface area contributed by atoms with Crippen LogP contribution in [0, 0.1) is 17.2 Å². The summed E-state index contributed by atoms with van der Waals surface area (Å²) in [5, 5.41) is 18.1. The van der Waals surface area contributed by atoms with E-state index in [1.807, 2.05) is 12.1 Å². The van der Waals surface area contributed by atoms with Gasteiger partial charge in [0.1, 0.15) is 11.8 Å². The van der Waals surface area contributed by atoms with E-state index in [4.69, 9.17) is 14.8 Å². The van der Waals surface area contributed by atoms with Crippen molar-refractivity contribution in [1.29, 1.82) is 5.26 Å². The topological polar surface area (TPSA) is 86.4 Å². The molecule has 26 heavy (non-hydrogen) atoms. The summed E-state index contributed by atoms with van der Waals surface area (Å²) >= 11 is 0. The number of nitriles is 1. The molecule has 6 nitrogen and oxygen atoms in total. The molecule has 0 aromatic carbocycles. The highest BCUT2D eigenvalue weighted by Crippen LogP contribution is 2.30. The van der Waals surface area contributed by atoms with Crippen molar-refractivity contribution in [3.63, 3.8) is 0 Å². The lowest BCUT2D eigenvalue weighted by Gasteiger charge is -2.31. The molecule has 1 saturated heterocycles. The quantitative estimate of drug-likeness (QED) is 0.714. The molecule has 0 radical (unpaired) electrons. The van der Waals surface area contributed by atoms with Gasteiger partial charge in [0.05, 0.1) is 6.10 Å². The van der Waals surface area contributed by atoms with Crippen LogP contribution in [0.5, 0.6) is 0 Å². The summed E-state index contributed by atoms with van der Waals surface area (Å²) in [6.45, 7) is 7.81. The molecule has 2 heterocycles. The van der Waals surface area contributed by atoms with Crippen molar-refractivity contribution >= 4 is 14.4 Å². The van der Waals surface area contributed by atoms with Crippen LogP contribution in [0.2, 0.25) is 19.6 Å². The largest absolute Gasteiger partial charge is 0.465 e. The molecule has 1 N–H and O–H groups in total. The van der Waals surface area contributed by atoms with Gasteiger partial charge in [-0.3, -0.25) is 0 Å². The Labute approximate surface area is 156 Å². The van der Waals surface area contributed by atoms with Crippen LogP contribution in [0.1, 0.15) is 49.5 Å². The van der Waals surface area contributed by atoms with E-state index in [0.717, 1.165) is 37.7 Å². The SMILES string of the molecule is C[Si](C)(C)OC(CCCC1CCN(C(=O)O)CC1)c1ccnc(C#N)c1. The number of rotatable bonds is 7. The lowest BCUT2D eigenvalue weighted by molar-refractivity contribution is 0.121. The molecule has 0 bridgehead atoms. The first-order valence-corrected chi connectivity index (χ1v) is 12.7. The van der Waals surface area contributed by atoms with Gasteiger partial charge in [0.15, 0.2) is 8.32 Å². The van der Waals surface area contributed by atoms with Crippen molar-refractivity contribution in [1.82, 2.24) is 9.88 Å². The second-order valence-corrected chi connectivity index (χ2v) is 12.4. The van der Waals surface area contributed by atoms with Gasteiger partial charge >= 0.3 is 6.09 Å². The van der Waals surface area contributed by atoms with Crippen LogP contribution in [0.4, 0.5) is 4.79 Å². The van der Waals surface area contributed by atoms with E-state index in [1.165, 1.54) is 4.90 Å². The standard InChI is InChI=1S/C19H29N3O3Si/c1-26(2,3)25-18(16-7-10-21-17(13-16)14-20)6-4-5-15-8-11-22(12-9-15)19(23)24/h7,10,13,15,18H,4-6,8-9,11-12H2,1-3H3,(H,23,24). The highest BCUT2D eigenvalue weighted by Gasteiger charge is 2.25. The Hall–Kier alpha value is -1.91. The highest BCUT2D eigenvalue weighted by atomic mass is 28.4. The highest BCUT2D eigenvalue weighted by molar-refractivity contribution is 6.69. The fraction of sp³-hybridized carbons (Fsp3) is 0.632. The van der Waals surface area contributed by atoms with Crippen molar-refractivity contribution in [3.8, 4) is 6.07 Å². The number of piperidine rings is 1. The Balaban J connectivity index is 1.91. The molecule has 1 amide bonds. The molecule has 1 aromatic rings. The van der Waals surface area contributed by atoms with Gasteiger partial charge in [0.25, 0.3) is 0 Å². The molecule has 142 valence electrons. The number of pyridine rings is 1. The van der Waals surface area contributed by atoms with Crippen LogP contribution in [0.15, 0.2) is 18.3 Å². The molecule has 1 fully saturated rings. The molecule has 0 spiro atoms. The van der Waals surface area contributed by atoms with E-state index < -0.39 is 14.4 Å². The van der Waals surface area contributed by atoms with Crippen LogP contribution >= 0.6 is 0 Å². The third-order valence-electron chi connectivity index (χ3n) is 4.73. The number of likely N-dealkylation sites (tertiary alicyclic amines) is 1. The summed E-state index contributed by atoms with van der Waals surface area (Å²) in [4.78, 5) is 16.6. The summed E-state index contributed by atoms with van der Waals surface area (Å²) in [5.74, 6) is 0.588. The number of amides is 1. The Morgan fingerprint density at radius 2 is 2.15 bits per heavy atom. The third-order valence-corrected chi connectivity index (χ3v) is 5.72. The van der Waals surface area contributed by atoms with Gasteiger partial charge in [-0.1, -0.05) is 12.8 Å². The van der Waals surface area contributed by atoms with Gasteiger partial charge < -0.3 is 14.4 Å². The van der Waals surface area contributed by atoms with Crippen molar-refractivity contribution in [2.75, 3.05) is 13.1 Å². The Morgan fingerprint density at radius 1 is 1.46 bits per heavy atom. The molecule has 0 saturated carbocycles. The fourth-order valence-electron chi connectivity index (χ4n) is 3.43. The van der Waals surface area contributed by atoms with E-state index in [9.17, 15) is 4.79 Å². The van der Waals surface area contributed by atoms with E-state index in [0.29, 0.717) is 24.7 Å². The summed E-state index contributed by atoms with van der Waals surface area (Å²) in [6, 6.07) is 5.87. The molecule has 1 aliphatic rings. The maximum absolute atomic E-state index is 11.0. The van der Waals surface area contributed by atoms with Crippen LogP contribution in [-0.4, -0.2) is 42.5 Å². The van der Waals surface area contributed by atoms with Crippen molar-refractivity contribution in [3.05, 3.63) is 29.6 Å². The number of aromatic nitrogens is 1. The third kappa shape index (κ3) is 6.43. The lowest BCUT2D eigenvalue weighted by atomic mass is 9.90. The average molecular weight is 376 g/mol. The van der Waals surface area contributed by atoms with Crippen molar-refractivity contribution in [2.24, 2.45) is 5.92 Å². The molecular weight excluding hydrogens is 346 g/mol. The first-order valence-electron chi connectivity index (χ1n) is 9.30. The van der Waals surface area contributed by atoms with E-state index >= 15 is 0 Å². The molecule has 1 atom stereocenters. The number of hydrogen-bond donors (Lipinski definition) is 1. The zero-order chi connectivity index (χ0) is 19.2. The van der Waals surface area contributed by atoms with Crippen molar-refractivity contribution < 1.29 is 14.3 Å². The van der Waals surface area contributed by atoms with Gasteiger partial charge in [0, 0.05) is 19.3 Å². The molecule has 1 unspecified atom stereocenters. The number of nitrogens with zero attached hydrogens (tertiary/aromatic N) is 3. The molecular formula is C19H29N3O3Si. The summed E-state index contributed by atoms with van der Waals surface area (Å²) in [7, 11) is -1.72. The predicted octanol–water partition coefficient (Wildman–Crippen LogP) is 4.41. The average Bonchev–Trinajstić information content (AvgIpc) is 2.60. The monoisotopic (exact) mass is 375 g/mol. The first-order chi connectivity index (χ1) is 12.3. The van der Waals surface area contributed by atoms with Crippen LogP contribution < -0.4 is 0 Å². The number of carboxylic acid groups (broad SMARTS) is 1. The van der Waals surface area contributed by atoms with Crippen LogP contribution in [0.3, 0.4) is 0 Å². The minimum absolute atomic E-state index is 0.00382. The van der Waals surface area contributed by atoms with Gasteiger partial charge in [-0.15, -0.1) is 0 Å². The normalized spacial score (nSPS) is 16.9. The number of carbonyl (C=O) groups is 1. The summed E-state index contributed by atoms with van der Waals surface area (Å²) in [6.07, 6.45) is 5.80. The Bertz CT molecular complexity index is 646. The second kappa shape index (κ2) is 9.15. The Kier molecular flexibility index (Phi) is 7.18. The smallest absolute Gasteiger partial charge is 0.407 e. The van der Waals surface area contributed by atoms with Crippen molar-refractivity contribution in [2.45, 2.75) is 57.8 Å². The fourth-order valence-corrected chi connectivity index (χ4v) is 4.54. The molecule has 2 rings (SSSR count). The molecule has 0 aliphatic carbocycles. The summed E-state index contributed by atoms with van der Waals surface area (Å²) < 4.78 is 6.38. The first kappa shape index (κ1) is 20.4.